The molecule has 15 heavy (non-hydrogen) atoms. The van der Waals surface area contributed by atoms with Crippen molar-refractivity contribution in [1.29, 1.82) is 5.26 Å². The maximum Gasteiger partial charge on any atom is 0.234 e. The molecule has 2 atom stereocenters. The van der Waals surface area contributed by atoms with Crippen LogP contribution in [0.3, 0.4) is 0 Å². The minimum atomic E-state index is -0.817. The lowest BCUT2D eigenvalue weighted by Gasteiger charge is -2.19. The average molecular weight is 216 g/mol. The topological polar surface area (TPSA) is 91.6 Å². The average Bonchev–Trinajstić information content (AvgIpc) is 2.22. The number of ether oxygens (including phenoxy) is 2. The van der Waals surface area contributed by atoms with E-state index in [9.17, 15) is 9.90 Å². The van der Waals surface area contributed by atoms with Crippen LogP contribution < -0.4 is 5.32 Å². The molecule has 0 bridgehead atoms. The fourth-order valence-electron chi connectivity index (χ4n) is 0.805. The van der Waals surface area contributed by atoms with Crippen molar-refractivity contribution >= 4 is 5.91 Å². The molecule has 0 radical (unpaired) electrons. The zero-order valence-corrected chi connectivity index (χ0v) is 8.90. The zero-order chi connectivity index (χ0) is 11.7. The monoisotopic (exact) mass is 216 g/mol. The Morgan fingerprint density at radius 2 is 2.33 bits per heavy atom. The number of aliphatic hydroxyl groups is 1. The fraction of sp³-hybridized carbons (Fsp3) is 0.778. The van der Waals surface area contributed by atoms with E-state index in [4.69, 9.17) is 10.00 Å². The Morgan fingerprint density at radius 3 is 2.87 bits per heavy atom. The first-order chi connectivity index (χ1) is 7.11. The van der Waals surface area contributed by atoms with Gasteiger partial charge in [0.1, 0.15) is 13.2 Å². The van der Waals surface area contributed by atoms with Gasteiger partial charge in [-0.1, -0.05) is 0 Å². The van der Waals surface area contributed by atoms with Crippen molar-refractivity contribution in [1.82, 2.24) is 5.32 Å². The summed E-state index contributed by atoms with van der Waals surface area (Å²) in [5.74, 6) is -0.407. The molecule has 6 heteroatoms. The number of hydrogen-bond donors (Lipinski definition) is 2. The highest BCUT2D eigenvalue weighted by molar-refractivity contribution is 5.77. The van der Waals surface area contributed by atoms with Crippen LogP contribution in [-0.4, -0.2) is 43.7 Å². The molecular weight excluding hydrogens is 200 g/mol. The smallest absolute Gasteiger partial charge is 0.234 e. The number of nitrogens with zero attached hydrogens (tertiary/aromatic N) is 1. The SMILES string of the molecule is COCOC(C)C(O)CNC(=O)CC#N. The minimum Gasteiger partial charge on any atom is -0.389 e. The quantitative estimate of drug-likeness (QED) is 0.554. The van der Waals surface area contributed by atoms with E-state index < -0.39 is 18.1 Å². The molecule has 0 saturated heterocycles. The highest BCUT2D eigenvalue weighted by atomic mass is 16.7. The molecule has 0 aromatic heterocycles. The summed E-state index contributed by atoms with van der Waals surface area (Å²) in [6, 6.07) is 1.71. The van der Waals surface area contributed by atoms with Crippen molar-refractivity contribution in [3.8, 4) is 6.07 Å². The van der Waals surface area contributed by atoms with E-state index in [2.05, 4.69) is 10.1 Å². The molecule has 0 spiro atoms. The summed E-state index contributed by atoms with van der Waals surface area (Å²) in [7, 11) is 1.48. The highest BCUT2D eigenvalue weighted by Crippen LogP contribution is 1.97. The third kappa shape index (κ3) is 6.85. The molecule has 0 rings (SSSR count). The predicted octanol–water partition coefficient (Wildman–Crippen LogP) is -0.614. The lowest BCUT2D eigenvalue weighted by Crippen LogP contribution is -2.39. The second-order valence-corrected chi connectivity index (χ2v) is 2.98. The fourth-order valence-corrected chi connectivity index (χ4v) is 0.805. The van der Waals surface area contributed by atoms with Crippen LogP contribution in [0.15, 0.2) is 0 Å². The molecule has 0 aliphatic heterocycles. The Labute approximate surface area is 88.8 Å². The van der Waals surface area contributed by atoms with Gasteiger partial charge < -0.3 is 19.9 Å². The van der Waals surface area contributed by atoms with Gasteiger partial charge in [0.25, 0.3) is 0 Å². The number of aliphatic hydroxyl groups excluding tert-OH is 1. The second kappa shape index (κ2) is 8.17. The molecule has 0 saturated carbocycles. The van der Waals surface area contributed by atoms with Crippen LogP contribution >= 0.6 is 0 Å². The van der Waals surface area contributed by atoms with E-state index in [-0.39, 0.29) is 19.8 Å². The summed E-state index contributed by atoms with van der Waals surface area (Å²) < 4.78 is 9.72. The third-order valence-electron chi connectivity index (χ3n) is 1.74. The van der Waals surface area contributed by atoms with Gasteiger partial charge in [-0.05, 0) is 6.92 Å². The van der Waals surface area contributed by atoms with Crippen LogP contribution in [-0.2, 0) is 14.3 Å². The van der Waals surface area contributed by atoms with Crippen molar-refractivity contribution < 1.29 is 19.4 Å². The van der Waals surface area contributed by atoms with E-state index in [1.807, 2.05) is 0 Å². The second-order valence-electron chi connectivity index (χ2n) is 2.98. The van der Waals surface area contributed by atoms with Gasteiger partial charge in [-0.25, -0.2) is 0 Å². The van der Waals surface area contributed by atoms with E-state index in [1.165, 1.54) is 7.11 Å². The summed E-state index contributed by atoms with van der Waals surface area (Å²) in [5, 5.41) is 20.1. The molecule has 0 aromatic rings. The maximum absolute atomic E-state index is 10.9. The molecule has 0 fully saturated rings. The standard InChI is InChI=1S/C9H16N2O4/c1-7(15-6-14-2)8(12)5-11-9(13)3-4-10/h7-8,12H,3,5-6H2,1-2H3,(H,11,13). The first-order valence-electron chi connectivity index (χ1n) is 4.54. The first-order valence-corrected chi connectivity index (χ1v) is 4.54. The van der Waals surface area contributed by atoms with Gasteiger partial charge in [-0.15, -0.1) is 0 Å². The number of carbonyl (C=O) groups is 1. The minimum absolute atomic E-state index is 0.0609. The van der Waals surface area contributed by atoms with E-state index in [0.29, 0.717) is 0 Å². The van der Waals surface area contributed by atoms with Gasteiger partial charge in [-0.2, -0.15) is 5.26 Å². The molecule has 1 amide bonds. The van der Waals surface area contributed by atoms with Crippen LogP contribution in [0.2, 0.25) is 0 Å². The Kier molecular flexibility index (Phi) is 7.54. The molecular formula is C9H16N2O4. The van der Waals surface area contributed by atoms with Gasteiger partial charge in [0, 0.05) is 13.7 Å². The van der Waals surface area contributed by atoms with Crippen molar-refractivity contribution in [3.05, 3.63) is 0 Å². The molecule has 2 unspecified atom stereocenters. The molecule has 86 valence electrons. The van der Waals surface area contributed by atoms with E-state index in [0.717, 1.165) is 0 Å². The molecule has 0 aromatic carbocycles. The summed E-state index contributed by atoms with van der Waals surface area (Å²) >= 11 is 0. The lowest BCUT2D eigenvalue weighted by molar-refractivity contribution is -0.123. The number of nitrogens with one attached hydrogen (secondary N) is 1. The van der Waals surface area contributed by atoms with Gasteiger partial charge in [0.15, 0.2) is 0 Å². The number of carbonyl (C=O) groups excluding carboxylic acids is 1. The van der Waals surface area contributed by atoms with Crippen LogP contribution in [0.25, 0.3) is 0 Å². The van der Waals surface area contributed by atoms with E-state index in [1.54, 1.807) is 13.0 Å². The lowest BCUT2D eigenvalue weighted by atomic mass is 10.2. The van der Waals surface area contributed by atoms with Crippen molar-refractivity contribution in [2.45, 2.75) is 25.6 Å². The number of nitriles is 1. The van der Waals surface area contributed by atoms with Crippen molar-refractivity contribution in [3.63, 3.8) is 0 Å². The third-order valence-corrected chi connectivity index (χ3v) is 1.74. The maximum atomic E-state index is 10.9. The van der Waals surface area contributed by atoms with Crippen LogP contribution in [0.4, 0.5) is 0 Å². The predicted molar refractivity (Wildman–Crippen MR) is 51.7 cm³/mol. The Balaban J connectivity index is 3.68. The number of hydrogen-bond acceptors (Lipinski definition) is 5. The van der Waals surface area contributed by atoms with Crippen LogP contribution in [0.5, 0.6) is 0 Å². The Hall–Kier alpha value is -1.16. The molecule has 2 N–H and O–H groups in total. The molecule has 0 aliphatic rings. The molecule has 0 aliphatic carbocycles. The van der Waals surface area contributed by atoms with Gasteiger partial charge in [0.2, 0.25) is 5.91 Å². The summed E-state index contributed by atoms with van der Waals surface area (Å²) in [4.78, 5) is 10.9. The summed E-state index contributed by atoms with van der Waals surface area (Å²) in [5.41, 5.74) is 0. The normalized spacial score (nSPS) is 14.0. The van der Waals surface area contributed by atoms with Gasteiger partial charge in [-0.3, -0.25) is 4.79 Å². The highest BCUT2D eigenvalue weighted by Gasteiger charge is 2.15. The van der Waals surface area contributed by atoms with Crippen molar-refractivity contribution in [2.24, 2.45) is 0 Å². The molecule has 6 nitrogen and oxygen atoms in total. The Bertz CT molecular complexity index is 227. The number of rotatable bonds is 7. The number of methoxy groups -OCH3 is 1. The first kappa shape index (κ1) is 13.8. The van der Waals surface area contributed by atoms with E-state index >= 15 is 0 Å². The Morgan fingerprint density at radius 1 is 1.67 bits per heavy atom. The zero-order valence-electron chi connectivity index (χ0n) is 8.90. The summed E-state index contributed by atoms with van der Waals surface area (Å²) in [6.07, 6.45) is -1.46. The van der Waals surface area contributed by atoms with Crippen LogP contribution in [0, 0.1) is 11.3 Å². The largest absolute Gasteiger partial charge is 0.389 e. The summed E-state index contributed by atoms with van der Waals surface area (Å²) in [6.45, 7) is 1.82. The van der Waals surface area contributed by atoms with Crippen LogP contribution in [0.1, 0.15) is 13.3 Å². The number of amides is 1. The van der Waals surface area contributed by atoms with Crippen molar-refractivity contribution in [2.75, 3.05) is 20.4 Å². The van der Waals surface area contributed by atoms with Gasteiger partial charge in [0.05, 0.1) is 18.3 Å². The molecule has 0 heterocycles. The van der Waals surface area contributed by atoms with Gasteiger partial charge >= 0.3 is 0 Å².